The van der Waals surface area contributed by atoms with Gasteiger partial charge in [0.1, 0.15) is 5.58 Å². The Morgan fingerprint density at radius 3 is 2.26 bits per heavy atom. The van der Waals surface area contributed by atoms with E-state index in [1.807, 2.05) is 30.5 Å². The van der Waals surface area contributed by atoms with Gasteiger partial charge >= 0.3 is 132 Å². The van der Waals surface area contributed by atoms with E-state index in [2.05, 4.69) is 131 Å². The van der Waals surface area contributed by atoms with E-state index < -0.39 is 13.3 Å². The summed E-state index contributed by atoms with van der Waals surface area (Å²) in [5, 5.41) is 2.28. The quantitative estimate of drug-likeness (QED) is 0.128. The van der Waals surface area contributed by atoms with E-state index in [9.17, 15) is 0 Å². The van der Waals surface area contributed by atoms with Crippen LogP contribution in [-0.4, -0.2) is 23.2 Å². The molecule has 0 aliphatic heterocycles. The first kappa shape index (κ1) is 38.9. The van der Waals surface area contributed by atoms with Crippen LogP contribution in [0.2, 0.25) is 17.3 Å². The van der Waals surface area contributed by atoms with Gasteiger partial charge in [0.25, 0.3) is 0 Å². The maximum absolute atomic E-state index is 6.25. The largest absolute Gasteiger partial charge is 0.500 e. The molecule has 3 aromatic heterocycles. The number of hydrogen-bond acceptors (Lipinski definition) is 3. The van der Waals surface area contributed by atoms with E-state index in [1.54, 1.807) is 0 Å². The first-order valence-corrected chi connectivity index (χ1v) is 26.1. The summed E-state index contributed by atoms with van der Waals surface area (Å²) in [4.78, 5) is 9.47. The number of nitrogens with zero attached hydrogens (tertiary/aromatic N) is 2. The van der Waals surface area contributed by atoms with Gasteiger partial charge in [0.05, 0.1) is 5.58 Å². The molecule has 1 radical (unpaired) electrons. The number of rotatable bonds is 5. The van der Waals surface area contributed by atoms with E-state index >= 15 is 0 Å². The smallest absolute Gasteiger partial charge is 0.121 e. The Balaban J connectivity index is 0.000000193. The Bertz CT molecular complexity index is 2360. The molecule has 273 valence electrons. The van der Waals surface area contributed by atoms with Gasteiger partial charge < -0.3 is 9.40 Å². The standard InChI is InChI=1S/C29H24NO.C19H26GeN.Ir/c1-18-6-5-7-19(2)28(18)21-10-12-24-25-16-22(11-13-26(25)31-27(24)17-21)29-23-9-4-3-8-20(23)14-15-30-29;1-19(2,3)13-16-12-18(15-10-8-7-9-11-15)21-14-17(16)20(4,5)6;/h5-7,10,12-17H,3-4,8-9H2,1-2H3;7-10,12,14H,13H2,1-6H3;/q2*-1;. The van der Waals surface area contributed by atoms with Crippen molar-refractivity contribution in [2.45, 2.75) is 84.0 Å². The number of aromatic nitrogens is 2. The predicted octanol–water partition coefficient (Wildman–Crippen LogP) is 12.3. The molecule has 0 fully saturated rings. The molecule has 53 heavy (non-hydrogen) atoms. The topological polar surface area (TPSA) is 38.9 Å². The molecule has 7 aromatic rings. The number of pyridine rings is 2. The molecule has 3 heterocycles. The van der Waals surface area contributed by atoms with Crippen molar-refractivity contribution in [1.29, 1.82) is 0 Å². The summed E-state index contributed by atoms with van der Waals surface area (Å²) in [6.45, 7) is 11.3. The van der Waals surface area contributed by atoms with Crippen molar-refractivity contribution in [2.75, 3.05) is 0 Å². The third-order valence-electron chi connectivity index (χ3n) is 10.2. The Morgan fingerprint density at radius 2 is 1.55 bits per heavy atom. The predicted molar refractivity (Wildman–Crippen MR) is 222 cm³/mol. The van der Waals surface area contributed by atoms with Crippen LogP contribution in [0.25, 0.3) is 55.6 Å². The van der Waals surface area contributed by atoms with Crippen LogP contribution in [0.5, 0.6) is 0 Å². The molecule has 0 saturated heterocycles. The normalized spacial score (nSPS) is 12.9. The van der Waals surface area contributed by atoms with Crippen LogP contribution in [0.3, 0.4) is 0 Å². The molecular weight excluding hydrogens is 885 g/mol. The Hall–Kier alpha value is -3.83. The van der Waals surface area contributed by atoms with Gasteiger partial charge in [-0.2, -0.15) is 0 Å². The summed E-state index contributed by atoms with van der Waals surface area (Å²) >= 11 is -1.90. The molecular formula is C48H50GeIrN2O-2. The summed E-state index contributed by atoms with van der Waals surface area (Å²) in [5.41, 5.74) is 15.7. The van der Waals surface area contributed by atoms with E-state index in [0.717, 1.165) is 63.7 Å². The molecule has 1 aliphatic rings. The van der Waals surface area contributed by atoms with Gasteiger partial charge in [0, 0.05) is 31.7 Å². The number of furan rings is 1. The number of hydrogen-bond donors (Lipinski definition) is 0. The van der Waals surface area contributed by atoms with Crippen LogP contribution in [0.15, 0.2) is 102 Å². The second kappa shape index (κ2) is 15.9. The van der Waals surface area contributed by atoms with Crippen LogP contribution in [0.4, 0.5) is 0 Å². The van der Waals surface area contributed by atoms with E-state index in [-0.39, 0.29) is 20.1 Å². The number of benzene rings is 4. The summed E-state index contributed by atoms with van der Waals surface area (Å²) in [6, 6.07) is 36.5. The van der Waals surface area contributed by atoms with Gasteiger partial charge in [-0.3, -0.25) is 0 Å². The fraction of sp³-hybridized carbons (Fsp3) is 0.292. The van der Waals surface area contributed by atoms with Crippen molar-refractivity contribution in [1.82, 2.24) is 9.97 Å². The van der Waals surface area contributed by atoms with Crippen molar-refractivity contribution < 1.29 is 24.5 Å². The van der Waals surface area contributed by atoms with Gasteiger partial charge in [0.15, 0.2) is 0 Å². The van der Waals surface area contributed by atoms with Crippen molar-refractivity contribution in [3.8, 4) is 33.6 Å². The second-order valence-corrected chi connectivity index (χ2v) is 27.3. The molecule has 0 amide bonds. The van der Waals surface area contributed by atoms with Gasteiger partial charge in [-0.25, -0.2) is 0 Å². The van der Waals surface area contributed by atoms with Crippen LogP contribution in [0.1, 0.15) is 61.4 Å². The van der Waals surface area contributed by atoms with Gasteiger partial charge in [0.2, 0.25) is 0 Å². The zero-order chi connectivity index (χ0) is 36.6. The van der Waals surface area contributed by atoms with Crippen LogP contribution in [0, 0.1) is 31.4 Å². The molecule has 0 bridgehead atoms. The fourth-order valence-electron chi connectivity index (χ4n) is 7.77. The monoisotopic (exact) mass is 937 g/mol. The zero-order valence-electron chi connectivity index (χ0n) is 32.4. The third-order valence-corrected chi connectivity index (χ3v) is 14.5. The maximum Gasteiger partial charge on any atom is 0.121 e. The summed E-state index contributed by atoms with van der Waals surface area (Å²) in [6.07, 6.45) is 9.96. The summed E-state index contributed by atoms with van der Waals surface area (Å²) in [7, 11) is 0. The molecule has 0 N–H and O–H groups in total. The Labute approximate surface area is 332 Å². The number of aryl methyl sites for hydroxylation is 3. The van der Waals surface area contributed by atoms with Gasteiger partial charge in [-0.05, 0) is 79.6 Å². The minimum atomic E-state index is -1.90. The van der Waals surface area contributed by atoms with Crippen molar-refractivity contribution in [3.05, 3.63) is 137 Å². The molecule has 1 aliphatic carbocycles. The van der Waals surface area contributed by atoms with Gasteiger partial charge in [-0.15, -0.1) is 23.8 Å². The maximum atomic E-state index is 6.25. The molecule has 0 atom stereocenters. The van der Waals surface area contributed by atoms with Crippen LogP contribution >= 0.6 is 0 Å². The molecule has 0 saturated carbocycles. The zero-order valence-corrected chi connectivity index (χ0v) is 36.9. The summed E-state index contributed by atoms with van der Waals surface area (Å²) in [5.74, 6) is 7.33. The van der Waals surface area contributed by atoms with Crippen molar-refractivity contribution in [2.24, 2.45) is 5.41 Å². The second-order valence-electron chi connectivity index (χ2n) is 16.7. The third kappa shape index (κ3) is 8.62. The fourth-order valence-corrected chi connectivity index (χ4v) is 11.1. The average Bonchev–Trinajstić information content (AvgIpc) is 3.48. The average molecular weight is 936 g/mol. The molecule has 5 heteroatoms. The van der Waals surface area contributed by atoms with Crippen LogP contribution in [-0.2, 0) is 39.4 Å². The minimum Gasteiger partial charge on any atom is -0.500 e. The molecule has 4 aromatic carbocycles. The Morgan fingerprint density at radius 1 is 0.774 bits per heavy atom. The van der Waals surface area contributed by atoms with Gasteiger partial charge in [-0.1, -0.05) is 46.8 Å². The number of fused-ring (bicyclic) bond motifs is 4. The Kier molecular flexibility index (Phi) is 11.6. The van der Waals surface area contributed by atoms with Crippen LogP contribution < -0.4 is 4.40 Å². The minimum absolute atomic E-state index is 0. The SMILES string of the molecule is CC(C)(C)Cc1cc(-c2[c-]cccc2)nc[c]1[Ge]([CH3])([CH3])[CH3].Cc1cccc(C)c1-c1ccc2c(c1)oc1c[c-]c(-c3nccc4c3CCCC4)cc12.[Ir]. The van der Waals surface area contributed by atoms with E-state index in [1.165, 1.54) is 56.2 Å². The first-order valence-electron chi connectivity index (χ1n) is 18.7. The van der Waals surface area contributed by atoms with Crippen molar-refractivity contribution >= 4 is 39.6 Å². The summed E-state index contributed by atoms with van der Waals surface area (Å²) < 4.78 is 7.78. The molecule has 0 unspecified atom stereocenters. The molecule has 8 rings (SSSR count). The van der Waals surface area contributed by atoms with E-state index in [4.69, 9.17) is 14.4 Å². The first-order chi connectivity index (χ1) is 24.9. The van der Waals surface area contributed by atoms with Crippen molar-refractivity contribution in [3.63, 3.8) is 0 Å². The molecule has 0 spiro atoms. The molecule has 3 nitrogen and oxygen atoms in total. The van der Waals surface area contributed by atoms with E-state index in [0.29, 0.717) is 5.41 Å².